The normalized spacial score (nSPS) is 24.7. The fourth-order valence-electron chi connectivity index (χ4n) is 4.86. The molecule has 3 rings (SSSR count). The van der Waals surface area contributed by atoms with Crippen LogP contribution in [0, 0.1) is 11.8 Å². The summed E-state index contributed by atoms with van der Waals surface area (Å²) in [5.74, 6) is 2.08. The quantitative estimate of drug-likeness (QED) is 0.298. The minimum Gasteiger partial charge on any atom is -0.379 e. The molecular formula is C22H42IN5O2. The highest BCUT2D eigenvalue weighted by atomic mass is 127. The Morgan fingerprint density at radius 2 is 1.83 bits per heavy atom. The number of carbonyl (C=O) groups is 1. The first-order valence-corrected chi connectivity index (χ1v) is 11.7. The highest BCUT2D eigenvalue weighted by molar-refractivity contribution is 14.0. The lowest BCUT2D eigenvalue weighted by atomic mass is 10.0. The molecule has 0 radical (unpaired) electrons. The van der Waals surface area contributed by atoms with Gasteiger partial charge in [-0.2, -0.15) is 0 Å². The monoisotopic (exact) mass is 535 g/mol. The Kier molecular flexibility index (Phi) is 11.2. The maximum Gasteiger partial charge on any atom is 0.225 e. The van der Waals surface area contributed by atoms with E-state index in [1.165, 1.54) is 12.8 Å². The molecule has 2 heterocycles. The summed E-state index contributed by atoms with van der Waals surface area (Å²) in [5, 5.41) is 6.99. The van der Waals surface area contributed by atoms with Gasteiger partial charge in [0.2, 0.25) is 5.91 Å². The number of hydrogen-bond donors (Lipinski definition) is 2. The minimum absolute atomic E-state index is 0. The van der Waals surface area contributed by atoms with Gasteiger partial charge in [-0.25, -0.2) is 0 Å². The van der Waals surface area contributed by atoms with Crippen molar-refractivity contribution in [3.05, 3.63) is 0 Å². The average Bonchev–Trinajstić information content (AvgIpc) is 3.41. The van der Waals surface area contributed by atoms with E-state index < -0.39 is 0 Å². The van der Waals surface area contributed by atoms with E-state index in [0.29, 0.717) is 23.9 Å². The number of nitrogens with zero attached hydrogens (tertiary/aromatic N) is 3. The first-order chi connectivity index (χ1) is 14.1. The fourth-order valence-corrected chi connectivity index (χ4v) is 4.86. The Balaban J connectivity index is 0.00000320. The lowest BCUT2D eigenvalue weighted by Crippen LogP contribution is -2.49. The summed E-state index contributed by atoms with van der Waals surface area (Å²) in [5.41, 5.74) is 0. The van der Waals surface area contributed by atoms with Crippen molar-refractivity contribution >= 4 is 35.8 Å². The molecule has 0 aromatic carbocycles. The Morgan fingerprint density at radius 3 is 2.47 bits per heavy atom. The predicted octanol–water partition coefficient (Wildman–Crippen LogP) is 2.31. The Hall–Kier alpha value is -0.610. The minimum atomic E-state index is 0. The molecule has 0 aromatic heterocycles. The highest BCUT2D eigenvalue weighted by Crippen LogP contribution is 2.27. The van der Waals surface area contributed by atoms with E-state index in [1.807, 2.05) is 0 Å². The van der Waals surface area contributed by atoms with E-state index >= 15 is 0 Å². The van der Waals surface area contributed by atoms with Crippen molar-refractivity contribution in [3.63, 3.8) is 0 Å². The van der Waals surface area contributed by atoms with Crippen molar-refractivity contribution in [2.24, 2.45) is 16.8 Å². The summed E-state index contributed by atoms with van der Waals surface area (Å²) >= 11 is 0. The molecule has 174 valence electrons. The molecule has 2 unspecified atom stereocenters. The Bertz CT molecular complexity index is 548. The molecule has 3 fully saturated rings. The molecular weight excluding hydrogens is 493 g/mol. The molecule has 2 aliphatic heterocycles. The van der Waals surface area contributed by atoms with Crippen LogP contribution in [-0.2, 0) is 9.53 Å². The number of aliphatic imine (C=N–C) groups is 1. The third-order valence-corrected chi connectivity index (χ3v) is 6.61. The number of likely N-dealkylation sites (tertiary alicyclic amines) is 1. The molecule has 2 saturated heterocycles. The van der Waals surface area contributed by atoms with Crippen LogP contribution in [0.15, 0.2) is 4.99 Å². The topological polar surface area (TPSA) is 69.2 Å². The lowest BCUT2D eigenvalue weighted by molar-refractivity contribution is -0.134. The first-order valence-electron chi connectivity index (χ1n) is 11.7. The van der Waals surface area contributed by atoms with Crippen molar-refractivity contribution in [1.29, 1.82) is 0 Å². The van der Waals surface area contributed by atoms with Crippen LogP contribution in [0.1, 0.15) is 52.9 Å². The number of hydrogen-bond acceptors (Lipinski definition) is 4. The van der Waals surface area contributed by atoms with E-state index in [-0.39, 0.29) is 29.9 Å². The van der Waals surface area contributed by atoms with Gasteiger partial charge in [0.1, 0.15) is 0 Å². The van der Waals surface area contributed by atoms with Crippen LogP contribution in [-0.4, -0.2) is 86.2 Å². The van der Waals surface area contributed by atoms with Crippen LogP contribution >= 0.6 is 24.0 Å². The van der Waals surface area contributed by atoms with Gasteiger partial charge in [-0.15, -0.1) is 24.0 Å². The molecule has 1 amide bonds. The van der Waals surface area contributed by atoms with Gasteiger partial charge in [-0.05, 0) is 32.1 Å². The number of amides is 1. The van der Waals surface area contributed by atoms with E-state index in [4.69, 9.17) is 9.73 Å². The van der Waals surface area contributed by atoms with Crippen molar-refractivity contribution in [3.8, 4) is 0 Å². The molecule has 0 spiro atoms. The highest BCUT2D eigenvalue weighted by Gasteiger charge is 2.32. The number of morpholine rings is 1. The van der Waals surface area contributed by atoms with Crippen LogP contribution in [0.2, 0.25) is 0 Å². The molecule has 1 aliphatic carbocycles. The molecule has 3 aliphatic rings. The Morgan fingerprint density at radius 1 is 1.13 bits per heavy atom. The standard InChI is InChI=1S/C22H41N5O2.HI/c1-4-23-22(24-15-20(17(2)3)26-11-13-29-14-12-26)25-19-9-10-27(16-19)21(28)18-7-5-6-8-18;/h17-20H,4-16H2,1-3H3,(H2,23,24,25);1H. The van der Waals surface area contributed by atoms with Crippen LogP contribution < -0.4 is 10.6 Å². The molecule has 0 bridgehead atoms. The van der Waals surface area contributed by atoms with Crippen LogP contribution in [0.4, 0.5) is 0 Å². The van der Waals surface area contributed by atoms with Gasteiger partial charge in [0.25, 0.3) is 0 Å². The lowest BCUT2D eigenvalue weighted by Gasteiger charge is -2.36. The second-order valence-corrected chi connectivity index (χ2v) is 9.07. The summed E-state index contributed by atoms with van der Waals surface area (Å²) in [4.78, 5) is 22.2. The van der Waals surface area contributed by atoms with Crippen molar-refractivity contribution < 1.29 is 9.53 Å². The molecule has 0 aromatic rings. The average molecular weight is 536 g/mol. The van der Waals surface area contributed by atoms with Crippen LogP contribution in [0.25, 0.3) is 0 Å². The number of nitrogens with one attached hydrogen (secondary N) is 2. The largest absolute Gasteiger partial charge is 0.379 e. The van der Waals surface area contributed by atoms with Gasteiger partial charge in [-0.1, -0.05) is 26.7 Å². The van der Waals surface area contributed by atoms with Crippen molar-refractivity contribution in [1.82, 2.24) is 20.4 Å². The number of rotatable bonds is 7. The number of guanidine groups is 1. The molecule has 30 heavy (non-hydrogen) atoms. The van der Waals surface area contributed by atoms with Gasteiger partial charge in [0, 0.05) is 50.7 Å². The van der Waals surface area contributed by atoms with Gasteiger partial charge >= 0.3 is 0 Å². The molecule has 2 atom stereocenters. The zero-order valence-corrected chi connectivity index (χ0v) is 21.4. The van der Waals surface area contributed by atoms with Gasteiger partial charge in [0.05, 0.1) is 19.8 Å². The van der Waals surface area contributed by atoms with Gasteiger partial charge in [-0.3, -0.25) is 14.7 Å². The second-order valence-electron chi connectivity index (χ2n) is 9.07. The molecule has 8 heteroatoms. The van der Waals surface area contributed by atoms with Crippen molar-refractivity contribution in [2.75, 3.05) is 52.5 Å². The van der Waals surface area contributed by atoms with E-state index in [2.05, 4.69) is 41.2 Å². The van der Waals surface area contributed by atoms with Crippen molar-refractivity contribution in [2.45, 2.75) is 65.0 Å². The third-order valence-electron chi connectivity index (χ3n) is 6.61. The van der Waals surface area contributed by atoms with Crippen LogP contribution in [0.5, 0.6) is 0 Å². The number of ether oxygens (including phenoxy) is 1. The van der Waals surface area contributed by atoms with E-state index in [9.17, 15) is 4.79 Å². The third kappa shape index (κ3) is 7.22. The van der Waals surface area contributed by atoms with E-state index in [0.717, 1.165) is 77.7 Å². The smallest absolute Gasteiger partial charge is 0.225 e. The molecule has 7 nitrogen and oxygen atoms in total. The van der Waals surface area contributed by atoms with Gasteiger partial charge < -0.3 is 20.3 Å². The summed E-state index contributed by atoms with van der Waals surface area (Å²) in [6, 6.07) is 0.720. The maximum absolute atomic E-state index is 12.7. The first kappa shape index (κ1) is 25.6. The van der Waals surface area contributed by atoms with E-state index in [1.54, 1.807) is 0 Å². The fraction of sp³-hybridized carbons (Fsp3) is 0.909. The SMILES string of the molecule is CCNC(=NCC(C(C)C)N1CCOCC1)NC1CCN(C(=O)C2CCCC2)C1.I. The zero-order chi connectivity index (χ0) is 20.6. The van der Waals surface area contributed by atoms with Crippen LogP contribution in [0.3, 0.4) is 0 Å². The Labute approximate surface area is 199 Å². The number of halogens is 1. The molecule has 1 saturated carbocycles. The summed E-state index contributed by atoms with van der Waals surface area (Å²) < 4.78 is 5.51. The molecule has 2 N–H and O–H groups in total. The van der Waals surface area contributed by atoms with Gasteiger partial charge in [0.15, 0.2) is 5.96 Å². The summed E-state index contributed by atoms with van der Waals surface area (Å²) in [6.45, 7) is 13.6. The second kappa shape index (κ2) is 13.1. The summed E-state index contributed by atoms with van der Waals surface area (Å²) in [6.07, 6.45) is 5.58. The maximum atomic E-state index is 12.7. The number of carbonyl (C=O) groups excluding carboxylic acids is 1. The summed E-state index contributed by atoms with van der Waals surface area (Å²) in [7, 11) is 0. The zero-order valence-electron chi connectivity index (χ0n) is 19.1. The predicted molar refractivity (Wildman–Crippen MR) is 132 cm³/mol.